The summed E-state index contributed by atoms with van der Waals surface area (Å²) in [6.07, 6.45) is 4.37. The van der Waals surface area contributed by atoms with Crippen molar-refractivity contribution in [3.05, 3.63) is 24.0 Å². The van der Waals surface area contributed by atoms with E-state index in [1.54, 1.807) is 0 Å². The molecule has 0 radical (unpaired) electrons. The normalized spacial score (nSPS) is 19.7. The van der Waals surface area contributed by atoms with E-state index in [1.807, 2.05) is 6.20 Å². The lowest BCUT2D eigenvalue weighted by atomic mass is 10.2. The summed E-state index contributed by atoms with van der Waals surface area (Å²) in [5.74, 6) is 1.24. The summed E-state index contributed by atoms with van der Waals surface area (Å²) in [7, 11) is 0. The third kappa shape index (κ3) is 4.39. The molecular formula is C15H25N3S. The van der Waals surface area contributed by atoms with Crippen molar-refractivity contribution in [3.8, 4) is 0 Å². The molecule has 2 rings (SSSR count). The zero-order chi connectivity index (χ0) is 13.5. The minimum Gasteiger partial charge on any atom is -0.369 e. The van der Waals surface area contributed by atoms with Crippen LogP contribution >= 0.6 is 11.8 Å². The lowest BCUT2D eigenvalue weighted by Crippen LogP contribution is -2.37. The average Bonchev–Trinajstić information content (AvgIpc) is 2.48. The summed E-state index contributed by atoms with van der Waals surface area (Å²) in [6, 6.07) is 4.39. The second-order valence-electron chi connectivity index (χ2n) is 5.03. The van der Waals surface area contributed by atoms with Crippen LogP contribution in [0.1, 0.15) is 32.4 Å². The first-order valence-corrected chi connectivity index (χ1v) is 8.40. The molecule has 3 nitrogen and oxygen atoms in total. The van der Waals surface area contributed by atoms with Gasteiger partial charge in [0.2, 0.25) is 0 Å². The molecule has 1 aliphatic heterocycles. The molecule has 0 aromatic carbocycles. The van der Waals surface area contributed by atoms with Gasteiger partial charge >= 0.3 is 0 Å². The van der Waals surface area contributed by atoms with Crippen LogP contribution < -0.4 is 10.2 Å². The summed E-state index contributed by atoms with van der Waals surface area (Å²) in [6.45, 7) is 8.74. The zero-order valence-electron chi connectivity index (χ0n) is 12.1. The van der Waals surface area contributed by atoms with Gasteiger partial charge in [-0.05, 0) is 31.5 Å². The Bertz CT molecular complexity index is 383. The molecule has 19 heavy (non-hydrogen) atoms. The number of nitrogens with one attached hydrogen (secondary N) is 1. The van der Waals surface area contributed by atoms with Crippen molar-refractivity contribution in [1.82, 2.24) is 10.3 Å². The van der Waals surface area contributed by atoms with Crippen molar-refractivity contribution in [1.29, 1.82) is 0 Å². The van der Waals surface area contributed by atoms with Crippen molar-refractivity contribution in [3.63, 3.8) is 0 Å². The molecule has 0 saturated carbocycles. The molecule has 2 heterocycles. The van der Waals surface area contributed by atoms with Crippen molar-refractivity contribution in [2.45, 2.75) is 38.5 Å². The Hall–Kier alpha value is -0.740. The van der Waals surface area contributed by atoms with E-state index in [2.05, 4.69) is 52.9 Å². The molecule has 1 aromatic heterocycles. The highest BCUT2D eigenvalue weighted by molar-refractivity contribution is 8.00. The maximum absolute atomic E-state index is 4.45. The predicted molar refractivity (Wildman–Crippen MR) is 85.0 cm³/mol. The average molecular weight is 279 g/mol. The smallest absolute Gasteiger partial charge is 0.0562 e. The maximum Gasteiger partial charge on any atom is 0.0562 e. The number of hydrogen-bond donors (Lipinski definition) is 1. The Morgan fingerprint density at radius 3 is 3.16 bits per heavy atom. The number of pyridine rings is 1. The van der Waals surface area contributed by atoms with E-state index in [9.17, 15) is 0 Å². The minimum absolute atomic E-state index is 0.781. The van der Waals surface area contributed by atoms with E-state index in [-0.39, 0.29) is 0 Å². The zero-order valence-corrected chi connectivity index (χ0v) is 12.9. The van der Waals surface area contributed by atoms with Crippen LogP contribution in [0.5, 0.6) is 0 Å². The van der Waals surface area contributed by atoms with Gasteiger partial charge in [-0.2, -0.15) is 11.8 Å². The van der Waals surface area contributed by atoms with Gasteiger partial charge in [-0.25, -0.2) is 0 Å². The molecule has 1 aliphatic rings. The third-order valence-corrected chi connectivity index (χ3v) is 4.86. The van der Waals surface area contributed by atoms with Crippen LogP contribution in [-0.4, -0.2) is 35.6 Å². The lowest BCUT2D eigenvalue weighted by Gasteiger charge is -2.33. The summed E-state index contributed by atoms with van der Waals surface area (Å²) >= 11 is 2.11. The van der Waals surface area contributed by atoms with Gasteiger partial charge in [0, 0.05) is 42.5 Å². The van der Waals surface area contributed by atoms with E-state index >= 15 is 0 Å². The molecule has 4 heteroatoms. The second kappa shape index (κ2) is 7.75. The quantitative estimate of drug-likeness (QED) is 0.811. The lowest BCUT2D eigenvalue weighted by molar-refractivity contribution is 0.663. The van der Waals surface area contributed by atoms with Crippen molar-refractivity contribution in [2.24, 2.45) is 0 Å². The molecule has 1 aromatic rings. The number of rotatable bonds is 6. The number of anilines is 1. The van der Waals surface area contributed by atoms with Crippen LogP contribution in [0.25, 0.3) is 0 Å². The topological polar surface area (TPSA) is 28.2 Å². The largest absolute Gasteiger partial charge is 0.369 e. The number of hydrogen-bond acceptors (Lipinski definition) is 4. The Balaban J connectivity index is 1.97. The molecular weight excluding hydrogens is 254 g/mol. The van der Waals surface area contributed by atoms with Crippen LogP contribution in [0.4, 0.5) is 5.69 Å². The van der Waals surface area contributed by atoms with Crippen LogP contribution in [0.15, 0.2) is 18.3 Å². The predicted octanol–water partition coefficient (Wildman–Crippen LogP) is 2.91. The van der Waals surface area contributed by atoms with Crippen LogP contribution in [0.3, 0.4) is 0 Å². The molecule has 1 saturated heterocycles. The first-order valence-electron chi connectivity index (χ1n) is 7.35. The minimum atomic E-state index is 0.781. The summed E-state index contributed by atoms with van der Waals surface area (Å²) in [5, 5.41) is 4.20. The van der Waals surface area contributed by atoms with Gasteiger partial charge in [0.05, 0.1) is 5.69 Å². The standard InChI is InChI=1S/C15H25N3S/c1-3-6-16-11-13-10-14(5-7-17-13)18-8-9-19-15(4-2)12-18/h5,7,10,15-16H,3-4,6,8-9,11-12H2,1-2H3. The highest BCUT2D eigenvalue weighted by Crippen LogP contribution is 2.25. The van der Waals surface area contributed by atoms with E-state index in [0.29, 0.717) is 0 Å². The van der Waals surface area contributed by atoms with Gasteiger partial charge in [0.25, 0.3) is 0 Å². The number of nitrogens with zero attached hydrogens (tertiary/aromatic N) is 2. The fourth-order valence-electron chi connectivity index (χ4n) is 2.35. The SMILES string of the molecule is CCCNCc1cc(N2CCSC(CC)C2)ccn1. The van der Waals surface area contributed by atoms with E-state index in [1.165, 1.54) is 30.8 Å². The molecule has 0 bridgehead atoms. The fourth-order valence-corrected chi connectivity index (χ4v) is 3.53. The van der Waals surface area contributed by atoms with Gasteiger partial charge in [0.1, 0.15) is 0 Å². The third-order valence-electron chi connectivity index (χ3n) is 3.49. The van der Waals surface area contributed by atoms with Crippen LogP contribution in [0, 0.1) is 0 Å². The number of thioether (sulfide) groups is 1. The van der Waals surface area contributed by atoms with Gasteiger partial charge in [-0.1, -0.05) is 13.8 Å². The summed E-state index contributed by atoms with van der Waals surface area (Å²) < 4.78 is 0. The molecule has 1 N–H and O–H groups in total. The summed E-state index contributed by atoms with van der Waals surface area (Å²) in [4.78, 5) is 6.96. The second-order valence-corrected chi connectivity index (χ2v) is 6.44. The Labute approximate surface area is 121 Å². The van der Waals surface area contributed by atoms with Gasteiger partial charge in [-0.15, -0.1) is 0 Å². The monoisotopic (exact) mass is 279 g/mol. The molecule has 1 unspecified atom stereocenters. The van der Waals surface area contributed by atoms with Gasteiger partial charge in [-0.3, -0.25) is 4.98 Å². The molecule has 1 atom stereocenters. The van der Waals surface area contributed by atoms with E-state index in [4.69, 9.17) is 0 Å². The summed E-state index contributed by atoms with van der Waals surface area (Å²) in [5.41, 5.74) is 2.49. The molecule has 106 valence electrons. The Morgan fingerprint density at radius 1 is 1.47 bits per heavy atom. The highest BCUT2D eigenvalue weighted by atomic mass is 32.2. The van der Waals surface area contributed by atoms with Gasteiger partial charge < -0.3 is 10.2 Å². The van der Waals surface area contributed by atoms with E-state index in [0.717, 1.165) is 30.6 Å². The molecule has 1 fully saturated rings. The molecule has 0 amide bonds. The number of aromatic nitrogens is 1. The fraction of sp³-hybridized carbons (Fsp3) is 0.667. The van der Waals surface area contributed by atoms with Crippen molar-refractivity contribution in [2.75, 3.05) is 30.3 Å². The van der Waals surface area contributed by atoms with Crippen LogP contribution in [0.2, 0.25) is 0 Å². The maximum atomic E-state index is 4.45. The van der Waals surface area contributed by atoms with E-state index < -0.39 is 0 Å². The molecule has 0 spiro atoms. The van der Waals surface area contributed by atoms with Gasteiger partial charge in [0.15, 0.2) is 0 Å². The first kappa shape index (κ1) is 14.7. The molecule has 0 aliphatic carbocycles. The highest BCUT2D eigenvalue weighted by Gasteiger charge is 2.19. The Morgan fingerprint density at radius 2 is 2.37 bits per heavy atom. The first-order chi connectivity index (χ1) is 9.33. The van der Waals surface area contributed by atoms with Crippen molar-refractivity contribution >= 4 is 17.4 Å². The Kier molecular flexibility index (Phi) is 5.98. The van der Waals surface area contributed by atoms with Crippen LogP contribution in [-0.2, 0) is 6.54 Å². The van der Waals surface area contributed by atoms with Crippen molar-refractivity contribution < 1.29 is 0 Å².